The molecule has 0 aliphatic carbocycles. The van der Waals surface area contributed by atoms with Crippen LogP contribution in [0.2, 0.25) is 5.02 Å². The lowest BCUT2D eigenvalue weighted by atomic mass is 10.1. The first-order valence-electron chi connectivity index (χ1n) is 6.95. The van der Waals surface area contributed by atoms with Crippen molar-refractivity contribution in [3.8, 4) is 16.9 Å². The lowest BCUT2D eigenvalue weighted by Gasteiger charge is -2.13. The number of halogens is 2. The van der Waals surface area contributed by atoms with Crippen LogP contribution in [-0.4, -0.2) is 15.6 Å². The van der Waals surface area contributed by atoms with Crippen molar-refractivity contribution < 1.29 is 9.90 Å². The number of benzene rings is 2. The Morgan fingerprint density at radius 2 is 1.78 bits per heavy atom. The van der Waals surface area contributed by atoms with Crippen LogP contribution < -0.4 is 0 Å². The fourth-order valence-electron chi connectivity index (χ4n) is 2.54. The van der Waals surface area contributed by atoms with Gasteiger partial charge in [-0.3, -0.25) is 0 Å². The van der Waals surface area contributed by atoms with Gasteiger partial charge >= 0.3 is 5.97 Å². The Morgan fingerprint density at radius 3 is 2.39 bits per heavy atom. The minimum atomic E-state index is -1.03. The van der Waals surface area contributed by atoms with Gasteiger partial charge in [-0.2, -0.15) is 0 Å². The second-order valence-electron chi connectivity index (χ2n) is 5.17. The second-order valence-corrected chi connectivity index (χ2v) is 6.49. The average Bonchev–Trinajstić information content (AvgIpc) is 2.89. The topological polar surface area (TPSA) is 42.2 Å². The molecule has 2 aromatic carbocycles. The molecule has 0 amide bonds. The van der Waals surface area contributed by atoms with Crippen molar-refractivity contribution in [2.75, 3.05) is 0 Å². The smallest absolute Gasteiger partial charge is 0.337 e. The zero-order valence-electron chi connectivity index (χ0n) is 12.3. The van der Waals surface area contributed by atoms with Crippen LogP contribution in [-0.2, 0) is 0 Å². The average molecular weight is 391 g/mol. The van der Waals surface area contributed by atoms with Gasteiger partial charge in [0.1, 0.15) is 0 Å². The van der Waals surface area contributed by atoms with Crippen LogP contribution in [0.4, 0.5) is 0 Å². The summed E-state index contributed by atoms with van der Waals surface area (Å²) in [4.78, 5) is 11.1. The molecule has 0 spiro atoms. The number of aromatic nitrogens is 1. The van der Waals surface area contributed by atoms with Gasteiger partial charge in [-0.1, -0.05) is 39.7 Å². The highest BCUT2D eigenvalue weighted by molar-refractivity contribution is 9.10. The molecule has 0 saturated carbocycles. The Labute approximate surface area is 147 Å². The van der Waals surface area contributed by atoms with Crippen LogP contribution in [0.15, 0.2) is 59.1 Å². The van der Waals surface area contributed by atoms with Crippen molar-refractivity contribution in [1.82, 2.24) is 4.57 Å². The lowest BCUT2D eigenvalue weighted by molar-refractivity contribution is 0.0697. The maximum absolute atomic E-state index is 11.1. The fraction of sp³-hybridized carbons (Fsp3) is 0.0556. The largest absolute Gasteiger partial charge is 0.478 e. The maximum atomic E-state index is 11.1. The Balaban J connectivity index is 2.14. The molecular weight excluding hydrogens is 378 g/mol. The molecule has 0 bridgehead atoms. The standard InChI is InChI=1S/C18H13BrClNO2/c1-11-2-9-17(12-3-5-13(19)6-4-12)21(11)14-7-8-15(18(22)23)16(20)10-14/h2-10H,1H3,(H,22,23). The van der Waals surface area contributed by atoms with Crippen LogP contribution in [0.5, 0.6) is 0 Å². The van der Waals surface area contributed by atoms with E-state index in [2.05, 4.69) is 20.5 Å². The van der Waals surface area contributed by atoms with Crippen LogP contribution in [0, 0.1) is 6.92 Å². The monoisotopic (exact) mass is 389 g/mol. The number of carboxylic acids is 1. The van der Waals surface area contributed by atoms with E-state index in [-0.39, 0.29) is 10.6 Å². The zero-order valence-corrected chi connectivity index (χ0v) is 14.6. The summed E-state index contributed by atoms with van der Waals surface area (Å²) in [5.41, 5.74) is 4.07. The number of hydrogen-bond donors (Lipinski definition) is 1. The van der Waals surface area contributed by atoms with E-state index in [1.54, 1.807) is 12.1 Å². The zero-order chi connectivity index (χ0) is 16.6. The summed E-state index contributed by atoms with van der Waals surface area (Å²) in [6.45, 7) is 2.00. The molecule has 3 rings (SSSR count). The van der Waals surface area contributed by atoms with Gasteiger partial charge in [-0.05, 0) is 55.0 Å². The summed E-state index contributed by atoms with van der Waals surface area (Å²) >= 11 is 9.55. The van der Waals surface area contributed by atoms with Crippen molar-refractivity contribution in [2.45, 2.75) is 6.92 Å². The third kappa shape index (κ3) is 3.05. The Bertz CT molecular complexity index is 885. The number of nitrogens with zero attached hydrogens (tertiary/aromatic N) is 1. The summed E-state index contributed by atoms with van der Waals surface area (Å²) in [6, 6.07) is 17.1. The first kappa shape index (κ1) is 15.8. The molecule has 0 unspecified atom stereocenters. The third-order valence-corrected chi connectivity index (χ3v) is 4.50. The van der Waals surface area contributed by atoms with E-state index in [1.807, 2.05) is 43.3 Å². The molecule has 0 atom stereocenters. The van der Waals surface area contributed by atoms with E-state index in [0.717, 1.165) is 27.1 Å². The van der Waals surface area contributed by atoms with E-state index in [9.17, 15) is 4.79 Å². The van der Waals surface area contributed by atoms with E-state index in [0.29, 0.717) is 0 Å². The minimum absolute atomic E-state index is 0.102. The molecule has 0 aliphatic heterocycles. The molecule has 0 saturated heterocycles. The Morgan fingerprint density at radius 1 is 1.09 bits per heavy atom. The summed E-state index contributed by atoms with van der Waals surface area (Å²) in [5.74, 6) is -1.03. The summed E-state index contributed by atoms with van der Waals surface area (Å²) in [7, 11) is 0. The molecule has 116 valence electrons. The molecule has 0 aliphatic rings. The van der Waals surface area contributed by atoms with E-state index in [4.69, 9.17) is 16.7 Å². The van der Waals surface area contributed by atoms with Crippen molar-refractivity contribution in [2.24, 2.45) is 0 Å². The first-order chi connectivity index (χ1) is 11.0. The number of carboxylic acid groups (broad SMARTS) is 1. The Hall–Kier alpha value is -2.04. The molecule has 0 radical (unpaired) electrons. The summed E-state index contributed by atoms with van der Waals surface area (Å²) in [6.07, 6.45) is 0. The van der Waals surface area contributed by atoms with Crippen LogP contribution in [0.3, 0.4) is 0 Å². The molecule has 0 fully saturated rings. The summed E-state index contributed by atoms with van der Waals surface area (Å²) < 4.78 is 3.07. The molecule has 1 N–H and O–H groups in total. The SMILES string of the molecule is Cc1ccc(-c2ccc(Br)cc2)n1-c1ccc(C(=O)O)c(Cl)c1. The van der Waals surface area contributed by atoms with Crippen molar-refractivity contribution in [1.29, 1.82) is 0 Å². The number of carbonyl (C=O) groups is 1. The second kappa shape index (κ2) is 6.22. The van der Waals surface area contributed by atoms with Crippen molar-refractivity contribution in [3.63, 3.8) is 0 Å². The molecule has 5 heteroatoms. The van der Waals surface area contributed by atoms with E-state index in [1.165, 1.54) is 6.07 Å². The van der Waals surface area contributed by atoms with Crippen LogP contribution >= 0.6 is 27.5 Å². The van der Waals surface area contributed by atoms with Crippen LogP contribution in [0.1, 0.15) is 16.1 Å². The Kier molecular flexibility index (Phi) is 4.28. The maximum Gasteiger partial charge on any atom is 0.337 e. The quantitative estimate of drug-likeness (QED) is 0.635. The van der Waals surface area contributed by atoms with Gasteiger partial charge < -0.3 is 9.67 Å². The highest BCUT2D eigenvalue weighted by atomic mass is 79.9. The predicted molar refractivity (Wildman–Crippen MR) is 95.6 cm³/mol. The van der Waals surface area contributed by atoms with Gasteiger partial charge in [-0.15, -0.1) is 0 Å². The van der Waals surface area contributed by atoms with Gasteiger partial charge in [0.05, 0.1) is 16.3 Å². The number of aryl methyl sites for hydroxylation is 1. The normalized spacial score (nSPS) is 10.7. The molecule has 1 heterocycles. The van der Waals surface area contributed by atoms with Gasteiger partial charge in [0.2, 0.25) is 0 Å². The van der Waals surface area contributed by atoms with Crippen LogP contribution in [0.25, 0.3) is 16.9 Å². The number of hydrogen-bond acceptors (Lipinski definition) is 1. The minimum Gasteiger partial charge on any atom is -0.478 e. The van der Waals surface area contributed by atoms with E-state index < -0.39 is 5.97 Å². The molecule has 3 aromatic rings. The third-order valence-electron chi connectivity index (χ3n) is 3.66. The van der Waals surface area contributed by atoms with Crippen molar-refractivity contribution >= 4 is 33.5 Å². The van der Waals surface area contributed by atoms with Gasteiger partial charge in [-0.25, -0.2) is 4.79 Å². The first-order valence-corrected chi connectivity index (χ1v) is 8.12. The molecular formula is C18H13BrClNO2. The highest BCUT2D eigenvalue weighted by Gasteiger charge is 2.13. The highest BCUT2D eigenvalue weighted by Crippen LogP contribution is 2.29. The molecule has 1 aromatic heterocycles. The predicted octanol–water partition coefficient (Wildman–Crippen LogP) is 5.57. The molecule has 23 heavy (non-hydrogen) atoms. The lowest BCUT2D eigenvalue weighted by Crippen LogP contribution is -2.02. The summed E-state index contributed by atoms with van der Waals surface area (Å²) in [5, 5.41) is 9.33. The molecule has 3 nitrogen and oxygen atoms in total. The van der Waals surface area contributed by atoms with Gasteiger partial charge in [0, 0.05) is 15.9 Å². The van der Waals surface area contributed by atoms with E-state index >= 15 is 0 Å². The number of aromatic carboxylic acids is 1. The number of rotatable bonds is 3. The van der Waals surface area contributed by atoms with Crippen molar-refractivity contribution in [3.05, 3.63) is 75.4 Å². The van der Waals surface area contributed by atoms with Gasteiger partial charge in [0.15, 0.2) is 0 Å². The fourth-order valence-corrected chi connectivity index (χ4v) is 3.06. The van der Waals surface area contributed by atoms with Gasteiger partial charge in [0.25, 0.3) is 0 Å².